The molecule has 5 nitrogen and oxygen atoms in total. The predicted octanol–water partition coefficient (Wildman–Crippen LogP) is 3.47. The van der Waals surface area contributed by atoms with Crippen LogP contribution in [0, 0.1) is 0 Å². The maximum atomic E-state index is 11.9. The number of hydrogen-bond acceptors (Lipinski definition) is 4. The van der Waals surface area contributed by atoms with Crippen molar-refractivity contribution in [2.45, 2.75) is 12.8 Å². The second-order valence-electron chi connectivity index (χ2n) is 5.25. The molecule has 0 fully saturated rings. The van der Waals surface area contributed by atoms with Gasteiger partial charge in [-0.1, -0.05) is 29.8 Å². The fourth-order valence-electron chi connectivity index (χ4n) is 2.04. The Hall–Kier alpha value is -2.53. The number of carbonyl (C=O) groups is 2. The summed E-state index contributed by atoms with van der Waals surface area (Å²) in [7, 11) is 0. The van der Waals surface area contributed by atoms with Gasteiger partial charge in [-0.2, -0.15) is 0 Å². The van der Waals surface area contributed by atoms with E-state index < -0.39 is 0 Å². The lowest BCUT2D eigenvalue weighted by atomic mass is 10.2. The zero-order chi connectivity index (χ0) is 17.9. The minimum absolute atomic E-state index is 0.193. The highest BCUT2D eigenvalue weighted by Crippen LogP contribution is 2.09. The number of halogens is 1. The number of carbonyl (C=O) groups excluding carboxylic acids is 2. The summed E-state index contributed by atoms with van der Waals surface area (Å²) < 4.78 is 10.5. The normalized spacial score (nSPS) is 10.1. The van der Waals surface area contributed by atoms with Crippen LogP contribution in [0.1, 0.15) is 23.2 Å². The van der Waals surface area contributed by atoms with Gasteiger partial charge in [-0.3, -0.25) is 9.59 Å². The molecule has 0 aliphatic carbocycles. The lowest BCUT2D eigenvalue weighted by Gasteiger charge is -2.08. The zero-order valence-corrected chi connectivity index (χ0v) is 14.5. The Kier molecular flexibility index (Phi) is 7.79. The lowest BCUT2D eigenvalue weighted by Crippen LogP contribution is -2.25. The smallest absolute Gasteiger partial charge is 0.305 e. The zero-order valence-electron chi connectivity index (χ0n) is 13.7. The molecule has 0 bridgehead atoms. The maximum absolute atomic E-state index is 11.9. The van der Waals surface area contributed by atoms with Gasteiger partial charge in [0.25, 0.3) is 5.91 Å². The van der Waals surface area contributed by atoms with Crippen LogP contribution in [0.15, 0.2) is 54.6 Å². The van der Waals surface area contributed by atoms with E-state index in [2.05, 4.69) is 5.32 Å². The molecule has 132 valence electrons. The highest BCUT2D eigenvalue weighted by molar-refractivity contribution is 6.30. The summed E-state index contributed by atoms with van der Waals surface area (Å²) in [6.07, 6.45) is 0.754. The first kappa shape index (κ1) is 18.8. The molecule has 0 aliphatic rings. The molecule has 25 heavy (non-hydrogen) atoms. The number of esters is 1. The van der Waals surface area contributed by atoms with Crippen LogP contribution in [-0.2, 0) is 9.53 Å². The Morgan fingerprint density at radius 1 is 0.960 bits per heavy atom. The van der Waals surface area contributed by atoms with E-state index in [-0.39, 0.29) is 24.9 Å². The van der Waals surface area contributed by atoms with Gasteiger partial charge >= 0.3 is 5.97 Å². The van der Waals surface area contributed by atoms with Gasteiger partial charge in [-0.05, 0) is 42.8 Å². The Morgan fingerprint density at radius 2 is 1.68 bits per heavy atom. The molecule has 0 radical (unpaired) electrons. The summed E-state index contributed by atoms with van der Waals surface area (Å²) in [5.41, 5.74) is 0.532. The van der Waals surface area contributed by atoms with Crippen LogP contribution in [0.3, 0.4) is 0 Å². The summed E-state index contributed by atoms with van der Waals surface area (Å²) in [5.74, 6) is 0.238. The molecule has 2 aromatic carbocycles. The molecule has 6 heteroatoms. The molecule has 2 aromatic rings. The van der Waals surface area contributed by atoms with E-state index in [0.29, 0.717) is 30.2 Å². The van der Waals surface area contributed by atoms with Crippen LogP contribution in [0.25, 0.3) is 0 Å². The predicted molar refractivity (Wildman–Crippen MR) is 95.9 cm³/mol. The van der Waals surface area contributed by atoms with E-state index in [4.69, 9.17) is 21.1 Å². The van der Waals surface area contributed by atoms with Gasteiger partial charge in [-0.15, -0.1) is 0 Å². The van der Waals surface area contributed by atoms with E-state index in [1.54, 1.807) is 24.3 Å². The summed E-state index contributed by atoms with van der Waals surface area (Å²) in [5, 5.41) is 3.33. The maximum Gasteiger partial charge on any atom is 0.305 e. The molecule has 2 rings (SSSR count). The molecule has 0 saturated carbocycles. The Labute approximate surface area is 151 Å². The number of nitrogens with one attached hydrogen (secondary N) is 1. The molecule has 1 N–H and O–H groups in total. The minimum atomic E-state index is -0.308. The highest BCUT2D eigenvalue weighted by atomic mass is 35.5. The molecule has 0 atom stereocenters. The number of rotatable bonds is 9. The van der Waals surface area contributed by atoms with E-state index >= 15 is 0 Å². The van der Waals surface area contributed by atoms with Crippen molar-refractivity contribution in [3.05, 3.63) is 65.2 Å². The van der Waals surface area contributed by atoms with Crippen molar-refractivity contribution in [2.75, 3.05) is 19.8 Å². The third-order valence-corrected chi connectivity index (χ3v) is 3.56. The fraction of sp³-hybridized carbons (Fsp3) is 0.263. The van der Waals surface area contributed by atoms with Crippen molar-refractivity contribution < 1.29 is 19.1 Å². The van der Waals surface area contributed by atoms with Crippen molar-refractivity contribution in [3.8, 4) is 5.75 Å². The van der Waals surface area contributed by atoms with Gasteiger partial charge in [0, 0.05) is 23.6 Å². The van der Waals surface area contributed by atoms with Gasteiger partial charge in [-0.25, -0.2) is 0 Å². The summed E-state index contributed by atoms with van der Waals surface area (Å²) in [6.45, 7) is 0.908. The van der Waals surface area contributed by atoms with Gasteiger partial charge in [0.05, 0.1) is 0 Å². The van der Waals surface area contributed by atoms with Crippen molar-refractivity contribution in [2.24, 2.45) is 0 Å². The van der Waals surface area contributed by atoms with Gasteiger partial charge in [0.2, 0.25) is 0 Å². The molecule has 0 saturated heterocycles. The van der Waals surface area contributed by atoms with Crippen molar-refractivity contribution in [1.82, 2.24) is 5.32 Å². The lowest BCUT2D eigenvalue weighted by molar-refractivity contribution is -0.144. The molecular weight excluding hydrogens is 342 g/mol. The van der Waals surface area contributed by atoms with E-state index in [0.717, 1.165) is 5.75 Å². The SMILES string of the molecule is O=C(CCCNC(=O)c1ccc(Cl)cc1)OCCOc1ccccc1. The number of para-hydroxylation sites is 1. The van der Waals surface area contributed by atoms with Gasteiger partial charge < -0.3 is 14.8 Å². The Morgan fingerprint density at radius 3 is 2.40 bits per heavy atom. The van der Waals surface area contributed by atoms with Crippen LogP contribution in [0.5, 0.6) is 5.75 Å². The molecule has 1 amide bonds. The summed E-state index contributed by atoms with van der Waals surface area (Å²) in [6, 6.07) is 15.9. The second-order valence-corrected chi connectivity index (χ2v) is 5.68. The van der Waals surface area contributed by atoms with Crippen LogP contribution in [0.4, 0.5) is 0 Å². The molecule has 0 aromatic heterocycles. The number of hydrogen-bond donors (Lipinski definition) is 1. The molecule has 0 aliphatic heterocycles. The van der Waals surface area contributed by atoms with Crippen LogP contribution in [0.2, 0.25) is 5.02 Å². The quantitative estimate of drug-likeness (QED) is 0.548. The molecule has 0 spiro atoms. The minimum Gasteiger partial charge on any atom is -0.490 e. The largest absolute Gasteiger partial charge is 0.490 e. The van der Waals surface area contributed by atoms with Crippen molar-refractivity contribution in [3.63, 3.8) is 0 Å². The van der Waals surface area contributed by atoms with Crippen LogP contribution in [-0.4, -0.2) is 31.6 Å². The molecule has 0 heterocycles. The van der Waals surface area contributed by atoms with Gasteiger partial charge in [0.15, 0.2) is 0 Å². The second kappa shape index (κ2) is 10.4. The molecule has 0 unspecified atom stereocenters. The van der Waals surface area contributed by atoms with Crippen molar-refractivity contribution in [1.29, 1.82) is 0 Å². The Bertz CT molecular complexity index is 674. The van der Waals surface area contributed by atoms with Crippen molar-refractivity contribution >= 4 is 23.5 Å². The molecular formula is C19H20ClNO4. The first-order valence-corrected chi connectivity index (χ1v) is 8.40. The van der Waals surface area contributed by atoms with Crippen LogP contribution < -0.4 is 10.1 Å². The first-order chi connectivity index (χ1) is 12.1. The fourth-order valence-corrected chi connectivity index (χ4v) is 2.17. The topological polar surface area (TPSA) is 64.6 Å². The third-order valence-electron chi connectivity index (χ3n) is 3.31. The van der Waals surface area contributed by atoms with Gasteiger partial charge in [0.1, 0.15) is 19.0 Å². The third kappa shape index (κ3) is 7.27. The first-order valence-electron chi connectivity index (χ1n) is 8.02. The number of benzene rings is 2. The number of amides is 1. The standard InChI is InChI=1S/C19H20ClNO4/c20-16-10-8-15(9-11-16)19(23)21-12-4-7-18(22)25-14-13-24-17-5-2-1-3-6-17/h1-3,5-6,8-11H,4,7,12-14H2,(H,21,23). The Balaban J connectivity index is 1.53. The van der Waals surface area contributed by atoms with E-state index in [1.165, 1.54) is 0 Å². The highest BCUT2D eigenvalue weighted by Gasteiger charge is 2.06. The van der Waals surface area contributed by atoms with Crippen LogP contribution >= 0.6 is 11.6 Å². The monoisotopic (exact) mass is 361 g/mol. The average Bonchev–Trinajstić information content (AvgIpc) is 2.63. The number of ether oxygens (including phenoxy) is 2. The summed E-state index contributed by atoms with van der Waals surface area (Å²) in [4.78, 5) is 23.5. The van der Waals surface area contributed by atoms with E-state index in [9.17, 15) is 9.59 Å². The average molecular weight is 362 g/mol. The summed E-state index contributed by atoms with van der Waals surface area (Å²) >= 11 is 5.77. The van der Waals surface area contributed by atoms with E-state index in [1.807, 2.05) is 30.3 Å².